The lowest BCUT2D eigenvalue weighted by Crippen LogP contribution is -2.13. The van der Waals surface area contributed by atoms with Crippen LogP contribution in [0.4, 0.5) is 0 Å². The fourth-order valence-electron chi connectivity index (χ4n) is 0.246. The summed E-state index contributed by atoms with van der Waals surface area (Å²) in [6.07, 6.45) is 3.43. The standard InChI is InChI=1S/C7H16S/c1-6-7(2,3)8(4)5/h4,6H2,1-3,5H3. The largest absolute Gasteiger partial charge is 0.191 e. The molecule has 0 aliphatic carbocycles. The molecule has 0 nitrogen and oxygen atoms in total. The summed E-state index contributed by atoms with van der Waals surface area (Å²) in [4.78, 5) is 0. The molecule has 0 fully saturated rings. The van der Waals surface area contributed by atoms with Gasteiger partial charge in [0.25, 0.3) is 0 Å². The molecular weight excluding hydrogens is 116 g/mol. The summed E-state index contributed by atoms with van der Waals surface area (Å²) in [5, 5.41) is 0. The Morgan fingerprint density at radius 2 is 1.88 bits per heavy atom. The summed E-state index contributed by atoms with van der Waals surface area (Å²) >= 11 is 0. The van der Waals surface area contributed by atoms with Crippen molar-refractivity contribution < 1.29 is 0 Å². The quantitative estimate of drug-likeness (QED) is 0.506. The SMILES string of the molecule is C=S(C)C(C)(C)CC. The van der Waals surface area contributed by atoms with Crippen LogP contribution in [-0.2, 0) is 0 Å². The average molecular weight is 132 g/mol. The van der Waals surface area contributed by atoms with Crippen LogP contribution in [-0.4, -0.2) is 16.9 Å². The maximum atomic E-state index is 4.01. The van der Waals surface area contributed by atoms with Crippen LogP contribution in [0.2, 0.25) is 0 Å². The third-order valence-electron chi connectivity index (χ3n) is 1.79. The van der Waals surface area contributed by atoms with E-state index in [0.29, 0.717) is 15.2 Å². The Bertz CT molecular complexity index is 92.6. The highest BCUT2D eigenvalue weighted by Crippen LogP contribution is 2.29. The second-order valence-corrected chi connectivity index (χ2v) is 5.13. The molecule has 8 heavy (non-hydrogen) atoms. The van der Waals surface area contributed by atoms with Crippen molar-refractivity contribution >= 4 is 16.4 Å². The Morgan fingerprint density at radius 3 is 1.88 bits per heavy atom. The van der Waals surface area contributed by atoms with Gasteiger partial charge in [0, 0.05) is 4.75 Å². The first kappa shape index (κ1) is 8.22. The van der Waals surface area contributed by atoms with Gasteiger partial charge in [-0.25, -0.2) is 0 Å². The van der Waals surface area contributed by atoms with E-state index in [0.717, 1.165) is 0 Å². The highest BCUT2D eigenvalue weighted by atomic mass is 32.2. The van der Waals surface area contributed by atoms with Gasteiger partial charge in [0.1, 0.15) is 0 Å². The van der Waals surface area contributed by atoms with Crippen molar-refractivity contribution in [1.29, 1.82) is 0 Å². The minimum Gasteiger partial charge on any atom is -0.191 e. The van der Waals surface area contributed by atoms with Crippen molar-refractivity contribution in [2.45, 2.75) is 31.9 Å². The molecule has 1 heteroatoms. The van der Waals surface area contributed by atoms with Crippen LogP contribution in [0.15, 0.2) is 0 Å². The molecule has 0 aliphatic heterocycles. The Labute approximate surface area is 55.2 Å². The van der Waals surface area contributed by atoms with Gasteiger partial charge in [0.15, 0.2) is 0 Å². The van der Waals surface area contributed by atoms with E-state index in [1.807, 2.05) is 0 Å². The number of hydrogen-bond acceptors (Lipinski definition) is 0. The van der Waals surface area contributed by atoms with Gasteiger partial charge in [-0.1, -0.05) is 26.6 Å². The van der Waals surface area contributed by atoms with Crippen LogP contribution >= 0.6 is 10.5 Å². The number of hydrogen-bond donors (Lipinski definition) is 0. The molecular formula is C7H16S. The van der Waals surface area contributed by atoms with E-state index >= 15 is 0 Å². The third kappa shape index (κ3) is 1.99. The minimum atomic E-state index is 0.324. The summed E-state index contributed by atoms with van der Waals surface area (Å²) in [6.45, 7) is 6.75. The zero-order chi connectivity index (χ0) is 6.78. The predicted molar refractivity (Wildman–Crippen MR) is 45.0 cm³/mol. The lowest BCUT2D eigenvalue weighted by atomic mass is 10.1. The molecule has 0 rings (SSSR count). The van der Waals surface area contributed by atoms with Crippen molar-refractivity contribution in [3.63, 3.8) is 0 Å². The molecule has 0 spiro atoms. The van der Waals surface area contributed by atoms with Crippen LogP contribution < -0.4 is 0 Å². The van der Waals surface area contributed by atoms with Crippen LogP contribution in [0, 0.1) is 0 Å². The molecule has 0 N–H and O–H groups in total. The highest BCUT2D eigenvalue weighted by Gasteiger charge is 2.13. The minimum absolute atomic E-state index is 0.324. The van der Waals surface area contributed by atoms with Gasteiger partial charge in [-0.05, 0) is 12.7 Å². The van der Waals surface area contributed by atoms with Crippen LogP contribution in [0.3, 0.4) is 0 Å². The Hall–Kier alpha value is 0.220. The van der Waals surface area contributed by atoms with Crippen molar-refractivity contribution in [2.75, 3.05) is 6.26 Å². The first-order valence-electron chi connectivity index (χ1n) is 2.96. The summed E-state index contributed by atoms with van der Waals surface area (Å²) in [5.41, 5.74) is 0. The normalized spacial score (nSPS) is 16.0. The molecule has 0 saturated carbocycles. The first-order valence-corrected chi connectivity index (χ1v) is 4.76. The van der Waals surface area contributed by atoms with Crippen LogP contribution in [0.5, 0.6) is 0 Å². The lowest BCUT2D eigenvalue weighted by Gasteiger charge is -2.23. The number of rotatable bonds is 2. The summed E-state index contributed by atoms with van der Waals surface area (Å²) < 4.78 is 0.458. The van der Waals surface area contributed by atoms with Crippen LogP contribution in [0.25, 0.3) is 0 Å². The molecule has 0 aliphatic rings. The molecule has 0 radical (unpaired) electrons. The summed E-state index contributed by atoms with van der Waals surface area (Å²) in [5.74, 6) is 4.01. The van der Waals surface area contributed by atoms with Crippen molar-refractivity contribution in [3.8, 4) is 0 Å². The highest BCUT2D eigenvalue weighted by molar-refractivity contribution is 8.14. The molecule has 50 valence electrons. The average Bonchev–Trinajstić information content (AvgIpc) is 1.67. The molecule has 0 heterocycles. The topological polar surface area (TPSA) is 0 Å². The van der Waals surface area contributed by atoms with E-state index in [1.54, 1.807) is 0 Å². The van der Waals surface area contributed by atoms with Gasteiger partial charge >= 0.3 is 0 Å². The maximum Gasteiger partial charge on any atom is 0.00431 e. The zero-order valence-electron chi connectivity index (χ0n) is 6.32. The molecule has 0 bridgehead atoms. The Balaban J connectivity index is 3.91. The van der Waals surface area contributed by atoms with Gasteiger partial charge in [0.2, 0.25) is 0 Å². The molecule has 0 aromatic carbocycles. The first-order chi connectivity index (χ1) is 3.50. The smallest absolute Gasteiger partial charge is 0.00431 e. The fourth-order valence-corrected chi connectivity index (χ4v) is 0.739. The lowest BCUT2D eigenvalue weighted by molar-refractivity contribution is 0.686. The monoisotopic (exact) mass is 132 g/mol. The third-order valence-corrected chi connectivity index (χ3v) is 3.97. The zero-order valence-corrected chi connectivity index (χ0v) is 7.14. The second-order valence-electron chi connectivity index (χ2n) is 2.75. The molecule has 0 amide bonds. The van der Waals surface area contributed by atoms with Gasteiger partial charge in [-0.2, -0.15) is 10.5 Å². The maximum absolute atomic E-state index is 4.01. The molecule has 1 atom stereocenters. The van der Waals surface area contributed by atoms with E-state index < -0.39 is 0 Å². The van der Waals surface area contributed by atoms with E-state index in [4.69, 9.17) is 0 Å². The van der Waals surface area contributed by atoms with Gasteiger partial charge in [0.05, 0.1) is 0 Å². The summed E-state index contributed by atoms with van der Waals surface area (Å²) in [7, 11) is 0.324. The molecule has 0 aromatic heterocycles. The second kappa shape index (κ2) is 2.67. The predicted octanol–water partition coefficient (Wildman–Crippen LogP) is 2.51. The Kier molecular flexibility index (Phi) is 2.75. The van der Waals surface area contributed by atoms with Crippen LogP contribution in [0.1, 0.15) is 27.2 Å². The van der Waals surface area contributed by atoms with Gasteiger partial charge < -0.3 is 0 Å². The van der Waals surface area contributed by atoms with E-state index in [9.17, 15) is 0 Å². The van der Waals surface area contributed by atoms with Gasteiger partial charge in [-0.15, -0.1) is 0 Å². The van der Waals surface area contributed by atoms with Gasteiger partial charge in [-0.3, -0.25) is 0 Å². The summed E-state index contributed by atoms with van der Waals surface area (Å²) in [6, 6.07) is 0. The van der Waals surface area contributed by atoms with Crippen molar-refractivity contribution in [3.05, 3.63) is 0 Å². The van der Waals surface area contributed by atoms with Crippen molar-refractivity contribution in [1.82, 2.24) is 0 Å². The Morgan fingerprint density at radius 1 is 1.50 bits per heavy atom. The van der Waals surface area contributed by atoms with E-state index in [-0.39, 0.29) is 0 Å². The molecule has 0 aromatic rings. The van der Waals surface area contributed by atoms with Crippen molar-refractivity contribution in [2.24, 2.45) is 0 Å². The molecule has 1 unspecified atom stereocenters. The van der Waals surface area contributed by atoms with E-state index in [2.05, 4.69) is 32.9 Å². The molecule has 0 saturated heterocycles. The van der Waals surface area contributed by atoms with E-state index in [1.165, 1.54) is 6.42 Å². The fraction of sp³-hybridized carbons (Fsp3) is 0.857.